The van der Waals surface area contributed by atoms with E-state index in [1.165, 1.54) is 6.42 Å². The van der Waals surface area contributed by atoms with Crippen molar-refractivity contribution in [2.24, 2.45) is 5.92 Å². The molecule has 1 atom stereocenters. The Bertz CT molecular complexity index is 426. The van der Waals surface area contributed by atoms with Gasteiger partial charge in [0, 0.05) is 32.4 Å². The van der Waals surface area contributed by atoms with Crippen molar-refractivity contribution in [1.29, 1.82) is 0 Å². The van der Waals surface area contributed by atoms with E-state index in [-0.39, 0.29) is 6.61 Å². The molecule has 1 aromatic heterocycles. The van der Waals surface area contributed by atoms with E-state index in [4.69, 9.17) is 15.6 Å². The number of nitrogen functional groups attached to an aromatic ring is 1. The molecule has 20 heavy (non-hydrogen) atoms. The van der Waals surface area contributed by atoms with Crippen molar-refractivity contribution in [1.82, 2.24) is 9.97 Å². The number of anilines is 2. The molecule has 0 saturated carbocycles. The maximum absolute atomic E-state index is 9.08. The van der Waals surface area contributed by atoms with Crippen LogP contribution in [0.1, 0.15) is 32.0 Å². The molecule has 1 aromatic rings. The predicted octanol–water partition coefficient (Wildman–Crippen LogP) is 1.19. The maximum Gasteiger partial charge on any atom is 0.158 e. The molecule has 0 bridgehead atoms. The molecule has 1 fully saturated rings. The molecule has 0 amide bonds. The van der Waals surface area contributed by atoms with E-state index in [1.807, 2.05) is 13.0 Å². The third-order valence-electron chi connectivity index (χ3n) is 3.59. The number of aliphatic hydroxyl groups is 1. The molecule has 1 unspecified atom stereocenters. The van der Waals surface area contributed by atoms with Gasteiger partial charge in [-0.3, -0.25) is 0 Å². The van der Waals surface area contributed by atoms with Crippen LogP contribution < -0.4 is 10.6 Å². The van der Waals surface area contributed by atoms with Gasteiger partial charge < -0.3 is 20.5 Å². The van der Waals surface area contributed by atoms with Crippen LogP contribution in [0, 0.1) is 5.92 Å². The van der Waals surface area contributed by atoms with Crippen LogP contribution in [0.5, 0.6) is 0 Å². The second kappa shape index (κ2) is 7.40. The average Bonchev–Trinajstić information content (AvgIpc) is 2.45. The summed E-state index contributed by atoms with van der Waals surface area (Å²) < 4.78 is 5.34. The van der Waals surface area contributed by atoms with Gasteiger partial charge in [-0.15, -0.1) is 0 Å². The Balaban J connectivity index is 2.08. The normalized spacial score (nSPS) is 19.3. The van der Waals surface area contributed by atoms with Gasteiger partial charge in [-0.05, 0) is 32.1 Å². The first-order valence-electron chi connectivity index (χ1n) is 7.30. The van der Waals surface area contributed by atoms with Gasteiger partial charge in [0.2, 0.25) is 0 Å². The largest absolute Gasteiger partial charge is 0.396 e. The summed E-state index contributed by atoms with van der Waals surface area (Å²) in [5.74, 6) is 2.51. The van der Waals surface area contributed by atoms with Gasteiger partial charge in [-0.1, -0.05) is 0 Å². The molecular formula is C14H24N4O2. The number of nitrogens with two attached hydrogens (primary N) is 1. The molecule has 0 radical (unpaired) electrons. The summed E-state index contributed by atoms with van der Waals surface area (Å²) in [5.41, 5.74) is 5.86. The van der Waals surface area contributed by atoms with Crippen LogP contribution >= 0.6 is 0 Å². The minimum Gasteiger partial charge on any atom is -0.396 e. The number of piperidine rings is 1. The molecule has 0 aromatic carbocycles. The summed E-state index contributed by atoms with van der Waals surface area (Å²) in [7, 11) is 0. The zero-order valence-corrected chi connectivity index (χ0v) is 12.1. The standard InChI is InChI=1S/C14H24N4O2/c1-2-20-10-13-16-12(15)8-14(17-13)18-6-3-4-11(9-18)5-7-19/h8,11,19H,2-7,9-10H2,1H3,(H2,15,16,17). The lowest BCUT2D eigenvalue weighted by atomic mass is 9.95. The Morgan fingerprint density at radius 1 is 1.50 bits per heavy atom. The smallest absolute Gasteiger partial charge is 0.158 e. The molecule has 6 heteroatoms. The van der Waals surface area contributed by atoms with Gasteiger partial charge in [0.1, 0.15) is 18.2 Å². The summed E-state index contributed by atoms with van der Waals surface area (Å²) in [6.45, 7) is 5.12. The Labute approximate surface area is 120 Å². The molecule has 3 N–H and O–H groups in total. The monoisotopic (exact) mass is 280 g/mol. The highest BCUT2D eigenvalue weighted by molar-refractivity contribution is 5.47. The molecule has 2 heterocycles. The van der Waals surface area contributed by atoms with Gasteiger partial charge in [0.15, 0.2) is 5.82 Å². The Morgan fingerprint density at radius 2 is 2.35 bits per heavy atom. The molecule has 1 saturated heterocycles. The highest BCUT2D eigenvalue weighted by Gasteiger charge is 2.21. The van der Waals surface area contributed by atoms with Crippen molar-refractivity contribution in [2.75, 3.05) is 36.9 Å². The highest BCUT2D eigenvalue weighted by atomic mass is 16.5. The van der Waals surface area contributed by atoms with Crippen LogP contribution in [0.15, 0.2) is 6.07 Å². The Kier molecular flexibility index (Phi) is 5.55. The van der Waals surface area contributed by atoms with Crippen molar-refractivity contribution in [3.8, 4) is 0 Å². The van der Waals surface area contributed by atoms with E-state index in [0.29, 0.717) is 30.8 Å². The van der Waals surface area contributed by atoms with E-state index in [1.54, 1.807) is 0 Å². The van der Waals surface area contributed by atoms with Crippen molar-refractivity contribution in [3.05, 3.63) is 11.9 Å². The van der Waals surface area contributed by atoms with Gasteiger partial charge in [-0.2, -0.15) is 0 Å². The van der Waals surface area contributed by atoms with Crippen LogP contribution in [-0.2, 0) is 11.3 Å². The first-order valence-corrected chi connectivity index (χ1v) is 7.30. The molecule has 1 aliphatic heterocycles. The lowest BCUT2D eigenvalue weighted by molar-refractivity contribution is 0.128. The zero-order valence-electron chi connectivity index (χ0n) is 12.1. The minimum atomic E-state index is 0.250. The van der Waals surface area contributed by atoms with E-state index in [9.17, 15) is 0 Å². The van der Waals surface area contributed by atoms with E-state index >= 15 is 0 Å². The first kappa shape index (κ1) is 15.0. The van der Waals surface area contributed by atoms with Crippen molar-refractivity contribution >= 4 is 11.6 Å². The quantitative estimate of drug-likeness (QED) is 0.814. The predicted molar refractivity (Wildman–Crippen MR) is 78.4 cm³/mol. The van der Waals surface area contributed by atoms with Gasteiger partial charge >= 0.3 is 0 Å². The second-order valence-corrected chi connectivity index (χ2v) is 5.17. The number of hydrogen-bond donors (Lipinski definition) is 2. The van der Waals surface area contributed by atoms with E-state index in [0.717, 1.165) is 31.7 Å². The van der Waals surface area contributed by atoms with Crippen LogP contribution in [0.4, 0.5) is 11.6 Å². The fourth-order valence-corrected chi connectivity index (χ4v) is 2.61. The summed E-state index contributed by atoms with van der Waals surface area (Å²) in [4.78, 5) is 11.0. The number of aliphatic hydroxyl groups excluding tert-OH is 1. The molecule has 6 nitrogen and oxygen atoms in total. The number of rotatable bonds is 6. The summed E-state index contributed by atoms with van der Waals surface area (Å²) >= 11 is 0. The fraction of sp³-hybridized carbons (Fsp3) is 0.714. The summed E-state index contributed by atoms with van der Waals surface area (Å²) in [6, 6.07) is 1.82. The molecular weight excluding hydrogens is 256 g/mol. The van der Waals surface area contributed by atoms with Crippen LogP contribution in [-0.4, -0.2) is 41.4 Å². The number of nitrogens with zero attached hydrogens (tertiary/aromatic N) is 3. The van der Waals surface area contributed by atoms with Gasteiger partial charge in [-0.25, -0.2) is 9.97 Å². The van der Waals surface area contributed by atoms with Gasteiger partial charge in [0.05, 0.1) is 0 Å². The SMILES string of the molecule is CCOCc1nc(N)cc(N2CCCC(CCO)C2)n1. The Morgan fingerprint density at radius 3 is 3.10 bits per heavy atom. The molecule has 2 rings (SSSR count). The maximum atomic E-state index is 9.08. The van der Waals surface area contributed by atoms with Crippen LogP contribution in [0.25, 0.3) is 0 Å². The number of ether oxygens (including phenoxy) is 1. The van der Waals surface area contributed by atoms with E-state index < -0.39 is 0 Å². The highest BCUT2D eigenvalue weighted by Crippen LogP contribution is 2.24. The topological polar surface area (TPSA) is 84.5 Å². The molecule has 112 valence electrons. The van der Waals surface area contributed by atoms with E-state index in [2.05, 4.69) is 14.9 Å². The lowest BCUT2D eigenvalue weighted by Gasteiger charge is -2.33. The molecule has 0 aliphatic carbocycles. The third-order valence-corrected chi connectivity index (χ3v) is 3.59. The zero-order chi connectivity index (χ0) is 14.4. The summed E-state index contributed by atoms with van der Waals surface area (Å²) in [5, 5.41) is 9.08. The first-order chi connectivity index (χ1) is 9.72. The number of hydrogen-bond acceptors (Lipinski definition) is 6. The Hall–Kier alpha value is -1.40. The van der Waals surface area contributed by atoms with Crippen LogP contribution in [0.2, 0.25) is 0 Å². The molecule has 1 aliphatic rings. The van der Waals surface area contributed by atoms with Gasteiger partial charge in [0.25, 0.3) is 0 Å². The number of aromatic nitrogens is 2. The molecule has 0 spiro atoms. The van der Waals surface area contributed by atoms with Crippen LogP contribution in [0.3, 0.4) is 0 Å². The third kappa shape index (κ3) is 4.05. The van der Waals surface area contributed by atoms with Crippen molar-refractivity contribution < 1.29 is 9.84 Å². The minimum absolute atomic E-state index is 0.250. The van der Waals surface area contributed by atoms with Crippen molar-refractivity contribution in [3.63, 3.8) is 0 Å². The second-order valence-electron chi connectivity index (χ2n) is 5.17. The summed E-state index contributed by atoms with van der Waals surface area (Å²) in [6.07, 6.45) is 3.14. The van der Waals surface area contributed by atoms with Crippen molar-refractivity contribution in [2.45, 2.75) is 32.8 Å². The fourth-order valence-electron chi connectivity index (χ4n) is 2.61. The lowest BCUT2D eigenvalue weighted by Crippen LogP contribution is -2.36. The average molecular weight is 280 g/mol.